The van der Waals surface area contributed by atoms with Crippen LogP contribution < -0.4 is 0 Å². The second-order valence-corrected chi connectivity index (χ2v) is 5.86. The molecule has 0 aliphatic heterocycles. The van der Waals surface area contributed by atoms with E-state index >= 15 is 0 Å². The highest BCUT2D eigenvalue weighted by atomic mass is 79.9. The fraction of sp³-hybridized carbons (Fsp3) is 0.538. The summed E-state index contributed by atoms with van der Waals surface area (Å²) in [4.78, 5) is -3.35. The molecule has 1 atom stereocenters. The summed E-state index contributed by atoms with van der Waals surface area (Å²) in [5.41, 5.74) is -0.923. The second-order valence-electron chi connectivity index (χ2n) is 4.86. The van der Waals surface area contributed by atoms with Gasteiger partial charge in [-0.25, -0.2) is 0 Å². The van der Waals surface area contributed by atoms with Crippen LogP contribution in [-0.4, -0.2) is 9.94 Å². The van der Waals surface area contributed by atoms with Crippen molar-refractivity contribution in [3.8, 4) is 0 Å². The fourth-order valence-corrected chi connectivity index (χ4v) is 1.83. The molecule has 0 fully saturated rings. The molecule has 1 aromatic carbocycles. The topological polar surface area (TPSA) is 20.2 Å². The van der Waals surface area contributed by atoms with Gasteiger partial charge in [-0.05, 0) is 46.3 Å². The largest absolute Gasteiger partial charge is 0.378 e. The molecule has 0 heterocycles. The van der Waals surface area contributed by atoms with Crippen LogP contribution in [0.1, 0.15) is 31.9 Å². The normalized spacial score (nSPS) is 16.0. The Bertz CT molecular complexity index is 366. The first-order valence-corrected chi connectivity index (χ1v) is 6.32. The highest BCUT2D eigenvalue weighted by molar-refractivity contribution is 9.10. The third kappa shape index (κ3) is 3.49. The first-order chi connectivity index (χ1) is 7.64. The van der Waals surface area contributed by atoms with Crippen LogP contribution in [0.2, 0.25) is 0 Å². The van der Waals surface area contributed by atoms with Crippen molar-refractivity contribution in [2.24, 2.45) is 5.92 Å². The predicted molar refractivity (Wildman–Crippen MR) is 68.4 cm³/mol. The number of alkyl halides is 3. The summed E-state index contributed by atoms with van der Waals surface area (Å²) in [6.45, 7) is 5.28. The monoisotopic (exact) mass is 306 g/mol. The van der Waals surface area contributed by atoms with Gasteiger partial charge in [0.1, 0.15) is 0 Å². The molecule has 17 heavy (non-hydrogen) atoms. The number of hydrogen-bond acceptors (Lipinski definition) is 1. The molecule has 1 nitrogen and oxygen atoms in total. The standard InChI is InChI=1S/C13H17BrF2O/c1-9(2)8-10-4-6-11(7-5-10)12(3,17)13(14,15)16/h4-7,9,17H,8H2,1-3H3. The minimum absolute atomic E-state index is 0.201. The summed E-state index contributed by atoms with van der Waals surface area (Å²) < 4.78 is 26.3. The smallest absolute Gasteiger partial charge is 0.333 e. The van der Waals surface area contributed by atoms with Crippen molar-refractivity contribution >= 4 is 15.9 Å². The van der Waals surface area contributed by atoms with Gasteiger partial charge in [-0.1, -0.05) is 38.1 Å². The SMILES string of the molecule is CC(C)Cc1ccc(C(C)(O)C(F)(F)Br)cc1. The number of benzene rings is 1. The second kappa shape index (κ2) is 5.02. The van der Waals surface area contributed by atoms with Crippen molar-refractivity contribution < 1.29 is 13.9 Å². The molecule has 1 unspecified atom stereocenters. The van der Waals surface area contributed by atoms with Gasteiger partial charge < -0.3 is 5.11 Å². The molecule has 96 valence electrons. The van der Waals surface area contributed by atoms with Crippen molar-refractivity contribution in [3.05, 3.63) is 35.4 Å². The summed E-state index contributed by atoms with van der Waals surface area (Å²) in [6, 6.07) is 6.66. The van der Waals surface area contributed by atoms with Crippen LogP contribution in [0.15, 0.2) is 24.3 Å². The Morgan fingerprint density at radius 1 is 1.24 bits per heavy atom. The third-order valence-electron chi connectivity index (χ3n) is 2.71. The van der Waals surface area contributed by atoms with E-state index in [0.717, 1.165) is 18.9 Å². The van der Waals surface area contributed by atoms with Gasteiger partial charge in [0.25, 0.3) is 0 Å². The van der Waals surface area contributed by atoms with E-state index in [4.69, 9.17) is 0 Å². The fourth-order valence-electron chi connectivity index (χ4n) is 1.60. The zero-order valence-corrected chi connectivity index (χ0v) is 11.8. The summed E-state index contributed by atoms with van der Waals surface area (Å²) >= 11 is 2.21. The molecular weight excluding hydrogens is 290 g/mol. The lowest BCUT2D eigenvalue weighted by molar-refractivity contribution is -0.109. The van der Waals surface area contributed by atoms with Crippen molar-refractivity contribution in [1.82, 2.24) is 0 Å². The highest BCUT2D eigenvalue weighted by Crippen LogP contribution is 2.41. The van der Waals surface area contributed by atoms with Crippen LogP contribution in [0, 0.1) is 5.92 Å². The minimum Gasteiger partial charge on any atom is -0.378 e. The number of aliphatic hydroxyl groups is 1. The molecule has 1 aromatic rings. The van der Waals surface area contributed by atoms with Crippen molar-refractivity contribution in [2.75, 3.05) is 0 Å². The Balaban J connectivity index is 2.95. The van der Waals surface area contributed by atoms with E-state index in [1.165, 1.54) is 0 Å². The van der Waals surface area contributed by atoms with Crippen molar-refractivity contribution in [3.63, 3.8) is 0 Å². The van der Waals surface area contributed by atoms with Crippen LogP contribution >= 0.6 is 15.9 Å². The molecule has 0 radical (unpaired) electrons. The third-order valence-corrected chi connectivity index (χ3v) is 3.48. The van der Waals surface area contributed by atoms with Crippen molar-refractivity contribution in [1.29, 1.82) is 0 Å². The molecule has 0 amide bonds. The number of rotatable bonds is 4. The molecule has 1 rings (SSSR count). The lowest BCUT2D eigenvalue weighted by Crippen LogP contribution is -2.37. The average molecular weight is 307 g/mol. The Labute approximate surface area is 109 Å². The van der Waals surface area contributed by atoms with E-state index in [2.05, 4.69) is 29.8 Å². The molecule has 1 N–H and O–H groups in total. The Hall–Kier alpha value is -0.480. The van der Waals surface area contributed by atoms with Crippen LogP contribution in [0.3, 0.4) is 0 Å². The summed E-state index contributed by atoms with van der Waals surface area (Å²) in [7, 11) is 0. The van der Waals surface area contributed by atoms with Gasteiger partial charge in [-0.15, -0.1) is 0 Å². The number of halogens is 3. The molecule has 0 aromatic heterocycles. The van der Waals surface area contributed by atoms with E-state index in [1.807, 2.05) is 0 Å². The number of hydrogen-bond donors (Lipinski definition) is 1. The molecule has 0 saturated heterocycles. The molecule has 0 aliphatic carbocycles. The van der Waals surface area contributed by atoms with E-state index in [1.54, 1.807) is 24.3 Å². The maximum absolute atomic E-state index is 13.2. The van der Waals surface area contributed by atoms with E-state index < -0.39 is 10.4 Å². The van der Waals surface area contributed by atoms with Gasteiger partial charge in [-0.2, -0.15) is 8.78 Å². The lowest BCUT2D eigenvalue weighted by Gasteiger charge is -2.28. The first-order valence-electron chi connectivity index (χ1n) is 5.53. The quantitative estimate of drug-likeness (QED) is 0.831. The van der Waals surface area contributed by atoms with Crippen LogP contribution in [0.5, 0.6) is 0 Å². The van der Waals surface area contributed by atoms with Crippen LogP contribution in [0.25, 0.3) is 0 Å². The first kappa shape index (κ1) is 14.6. The zero-order chi connectivity index (χ0) is 13.3. The Morgan fingerprint density at radius 2 is 1.71 bits per heavy atom. The van der Waals surface area contributed by atoms with Crippen molar-refractivity contribution in [2.45, 2.75) is 37.6 Å². The lowest BCUT2D eigenvalue weighted by atomic mass is 9.94. The van der Waals surface area contributed by atoms with Gasteiger partial charge in [0.05, 0.1) is 0 Å². The van der Waals surface area contributed by atoms with Crippen LogP contribution in [0.4, 0.5) is 8.78 Å². The summed E-state index contributed by atoms with van der Waals surface area (Å²) in [6.07, 6.45) is 0.896. The van der Waals surface area contributed by atoms with E-state index in [0.29, 0.717) is 5.92 Å². The summed E-state index contributed by atoms with van der Waals surface area (Å²) in [5, 5.41) is 9.80. The maximum atomic E-state index is 13.2. The zero-order valence-electron chi connectivity index (χ0n) is 10.2. The Kier molecular flexibility index (Phi) is 4.31. The minimum atomic E-state index is -3.35. The molecule has 0 aliphatic rings. The predicted octanol–water partition coefficient (Wildman–Crippen LogP) is 4.08. The van der Waals surface area contributed by atoms with Gasteiger partial charge in [0.2, 0.25) is 0 Å². The maximum Gasteiger partial charge on any atom is 0.333 e. The molecule has 0 bridgehead atoms. The van der Waals surface area contributed by atoms with Gasteiger partial charge in [-0.3, -0.25) is 0 Å². The molecular formula is C13H17BrF2O. The highest BCUT2D eigenvalue weighted by Gasteiger charge is 2.47. The van der Waals surface area contributed by atoms with E-state index in [-0.39, 0.29) is 5.56 Å². The van der Waals surface area contributed by atoms with Gasteiger partial charge >= 0.3 is 4.83 Å². The van der Waals surface area contributed by atoms with Crippen LogP contribution in [-0.2, 0) is 12.0 Å². The van der Waals surface area contributed by atoms with Gasteiger partial charge in [0.15, 0.2) is 5.60 Å². The molecule has 4 heteroatoms. The average Bonchev–Trinajstić information content (AvgIpc) is 2.15. The van der Waals surface area contributed by atoms with E-state index in [9.17, 15) is 13.9 Å². The molecule has 0 saturated carbocycles. The molecule has 0 spiro atoms. The van der Waals surface area contributed by atoms with Gasteiger partial charge in [0, 0.05) is 0 Å². The summed E-state index contributed by atoms with van der Waals surface area (Å²) in [5.74, 6) is 0.513. The Morgan fingerprint density at radius 3 is 2.06 bits per heavy atom.